The number of rotatable bonds is 4. The highest BCUT2D eigenvalue weighted by Crippen LogP contribution is 2.18. The van der Waals surface area contributed by atoms with E-state index in [-0.39, 0.29) is 11.8 Å². The van der Waals surface area contributed by atoms with Crippen LogP contribution in [0.25, 0.3) is 0 Å². The van der Waals surface area contributed by atoms with E-state index in [9.17, 15) is 4.79 Å². The summed E-state index contributed by atoms with van der Waals surface area (Å²) in [5, 5.41) is 8.70. The van der Waals surface area contributed by atoms with Crippen LogP contribution in [0.1, 0.15) is 25.6 Å². The summed E-state index contributed by atoms with van der Waals surface area (Å²) >= 11 is 1.35. The Morgan fingerprint density at radius 2 is 2.05 bits per heavy atom. The molecule has 0 atom stereocenters. The molecule has 0 radical (unpaired) electrons. The largest absolute Gasteiger partial charge is 0.336 e. The molecule has 3 N–H and O–H groups in total. The number of piperazine rings is 1. The molecule has 0 aromatic carbocycles. The molecule has 1 aromatic heterocycles. The molecule has 1 aliphatic heterocycles. The lowest BCUT2D eigenvalue weighted by Crippen LogP contribution is -3.12. The zero-order valence-electron chi connectivity index (χ0n) is 12.3. The minimum Gasteiger partial charge on any atom is -0.336 e. The van der Waals surface area contributed by atoms with E-state index >= 15 is 0 Å². The minimum absolute atomic E-state index is 0.150. The van der Waals surface area contributed by atoms with E-state index < -0.39 is 0 Å². The van der Waals surface area contributed by atoms with Crippen LogP contribution in [0.5, 0.6) is 0 Å². The fourth-order valence-electron chi connectivity index (χ4n) is 2.14. The van der Waals surface area contributed by atoms with Crippen LogP contribution >= 0.6 is 11.8 Å². The number of hydrogen-bond donors (Lipinski definition) is 2. The Morgan fingerprint density at radius 3 is 2.60 bits per heavy atom. The number of hydrogen-bond acceptors (Lipinski definition) is 5. The van der Waals surface area contributed by atoms with Gasteiger partial charge in [-0.1, -0.05) is 25.6 Å². The predicted octanol–water partition coefficient (Wildman–Crippen LogP) is -1.44. The van der Waals surface area contributed by atoms with Gasteiger partial charge in [0.25, 0.3) is 0 Å². The SMILES string of the molecule is CC(C)c1nnc(SCC(=O)N2CC[NH+](C)CC2)n1N. The Morgan fingerprint density at radius 1 is 1.40 bits per heavy atom. The van der Waals surface area contributed by atoms with E-state index in [1.165, 1.54) is 21.3 Å². The first-order valence-electron chi connectivity index (χ1n) is 6.91. The molecule has 2 heterocycles. The van der Waals surface area contributed by atoms with Crippen LogP contribution in [0.3, 0.4) is 0 Å². The van der Waals surface area contributed by atoms with Crippen molar-refractivity contribution < 1.29 is 9.69 Å². The van der Waals surface area contributed by atoms with Crippen molar-refractivity contribution in [3.63, 3.8) is 0 Å². The van der Waals surface area contributed by atoms with E-state index in [1.807, 2.05) is 18.7 Å². The summed E-state index contributed by atoms with van der Waals surface area (Å²) in [4.78, 5) is 15.5. The zero-order valence-corrected chi connectivity index (χ0v) is 13.1. The van der Waals surface area contributed by atoms with Crippen LogP contribution < -0.4 is 10.7 Å². The fraction of sp³-hybridized carbons (Fsp3) is 0.750. The summed E-state index contributed by atoms with van der Waals surface area (Å²) in [5.41, 5.74) is 0. The standard InChI is InChI=1S/C12H22N6OS/c1-9(2)11-14-15-12(18(11)13)20-8-10(19)17-6-4-16(3)5-7-17/h9H,4-8,13H2,1-3H3/p+1. The molecule has 0 aliphatic carbocycles. The molecule has 112 valence electrons. The lowest BCUT2D eigenvalue weighted by atomic mass is 10.2. The predicted molar refractivity (Wildman–Crippen MR) is 78.2 cm³/mol. The Bertz CT molecular complexity index is 467. The van der Waals surface area contributed by atoms with Gasteiger partial charge >= 0.3 is 0 Å². The number of nitrogen functional groups attached to an aromatic ring is 1. The highest BCUT2D eigenvalue weighted by atomic mass is 32.2. The van der Waals surface area contributed by atoms with Crippen molar-refractivity contribution in [2.75, 3.05) is 44.8 Å². The number of nitrogens with zero attached hydrogens (tertiary/aromatic N) is 4. The number of carbonyl (C=O) groups is 1. The van der Waals surface area contributed by atoms with Gasteiger partial charge in [0.15, 0.2) is 5.82 Å². The molecule has 8 heteroatoms. The van der Waals surface area contributed by atoms with Crippen molar-refractivity contribution in [1.29, 1.82) is 0 Å². The molecule has 0 saturated carbocycles. The van der Waals surface area contributed by atoms with E-state index in [0.717, 1.165) is 32.0 Å². The summed E-state index contributed by atoms with van der Waals surface area (Å²) in [6.07, 6.45) is 0. The number of nitrogens with two attached hydrogens (primary N) is 1. The molecule has 2 rings (SSSR count). The first-order chi connectivity index (χ1) is 9.49. The van der Waals surface area contributed by atoms with Crippen molar-refractivity contribution in [3.05, 3.63) is 5.82 Å². The molecular weight excluding hydrogens is 276 g/mol. The van der Waals surface area contributed by atoms with Crippen LogP contribution in [0, 0.1) is 0 Å². The molecule has 0 bridgehead atoms. The van der Waals surface area contributed by atoms with Crippen LogP contribution in [-0.2, 0) is 4.79 Å². The number of carbonyl (C=O) groups excluding carboxylic acids is 1. The number of thioether (sulfide) groups is 1. The summed E-state index contributed by atoms with van der Waals surface area (Å²) in [5.74, 6) is 7.41. The second-order valence-electron chi connectivity index (χ2n) is 5.49. The van der Waals surface area contributed by atoms with Crippen molar-refractivity contribution in [1.82, 2.24) is 19.8 Å². The van der Waals surface area contributed by atoms with Gasteiger partial charge in [0.05, 0.1) is 39.0 Å². The highest BCUT2D eigenvalue weighted by Gasteiger charge is 2.22. The third-order valence-corrected chi connectivity index (χ3v) is 4.43. The van der Waals surface area contributed by atoms with Gasteiger partial charge in [0, 0.05) is 5.92 Å². The number of quaternary nitrogens is 1. The summed E-state index contributed by atoms with van der Waals surface area (Å²) in [6, 6.07) is 0. The van der Waals surface area contributed by atoms with E-state index in [4.69, 9.17) is 5.84 Å². The van der Waals surface area contributed by atoms with Gasteiger partial charge in [-0.3, -0.25) is 4.79 Å². The summed E-state index contributed by atoms with van der Waals surface area (Å²) < 4.78 is 1.48. The number of likely N-dealkylation sites (N-methyl/N-ethyl adjacent to an activating group) is 1. The minimum atomic E-state index is 0.150. The van der Waals surface area contributed by atoms with Gasteiger partial charge in [-0.15, -0.1) is 10.2 Å². The third-order valence-electron chi connectivity index (χ3n) is 3.50. The first kappa shape index (κ1) is 15.1. The smallest absolute Gasteiger partial charge is 0.233 e. The van der Waals surface area contributed by atoms with E-state index in [2.05, 4.69) is 17.2 Å². The molecule has 1 fully saturated rings. The van der Waals surface area contributed by atoms with Gasteiger partial charge in [0.2, 0.25) is 11.1 Å². The monoisotopic (exact) mass is 299 g/mol. The van der Waals surface area contributed by atoms with Crippen molar-refractivity contribution in [2.24, 2.45) is 0 Å². The average Bonchev–Trinajstić information content (AvgIpc) is 2.78. The van der Waals surface area contributed by atoms with Gasteiger partial charge in [-0.05, 0) is 0 Å². The quantitative estimate of drug-likeness (QED) is 0.526. The molecule has 1 aromatic rings. The normalized spacial score (nSPS) is 16.9. The van der Waals surface area contributed by atoms with Crippen LogP contribution in [0.15, 0.2) is 5.16 Å². The highest BCUT2D eigenvalue weighted by molar-refractivity contribution is 7.99. The maximum atomic E-state index is 12.1. The van der Waals surface area contributed by atoms with Crippen LogP contribution in [-0.4, -0.2) is 64.7 Å². The first-order valence-corrected chi connectivity index (χ1v) is 7.90. The number of nitrogens with one attached hydrogen (secondary N) is 1. The number of aromatic nitrogens is 3. The molecule has 0 spiro atoms. The van der Waals surface area contributed by atoms with Crippen molar-refractivity contribution in [3.8, 4) is 0 Å². The lowest BCUT2D eigenvalue weighted by molar-refractivity contribution is -0.883. The molecule has 1 amide bonds. The molecule has 1 aliphatic rings. The van der Waals surface area contributed by atoms with Gasteiger partial charge in [0.1, 0.15) is 0 Å². The Kier molecular flexibility index (Phi) is 4.87. The summed E-state index contributed by atoms with van der Waals surface area (Å²) in [7, 11) is 2.15. The maximum Gasteiger partial charge on any atom is 0.233 e. The summed E-state index contributed by atoms with van der Waals surface area (Å²) in [6.45, 7) is 7.72. The fourth-order valence-corrected chi connectivity index (χ4v) is 2.90. The van der Waals surface area contributed by atoms with Crippen molar-refractivity contribution >= 4 is 17.7 Å². The topological polar surface area (TPSA) is 81.5 Å². The second-order valence-corrected chi connectivity index (χ2v) is 6.43. The van der Waals surface area contributed by atoms with Crippen molar-refractivity contribution in [2.45, 2.75) is 24.9 Å². The van der Waals surface area contributed by atoms with Crippen LogP contribution in [0.2, 0.25) is 0 Å². The average molecular weight is 299 g/mol. The zero-order chi connectivity index (χ0) is 14.7. The molecule has 0 unspecified atom stereocenters. The Labute approximate surface area is 123 Å². The number of amides is 1. The maximum absolute atomic E-state index is 12.1. The van der Waals surface area contributed by atoms with Gasteiger partial charge in [-0.2, -0.15) is 0 Å². The lowest BCUT2D eigenvalue weighted by Gasteiger charge is -2.29. The van der Waals surface area contributed by atoms with E-state index in [1.54, 1.807) is 0 Å². The Hall–Kier alpha value is -1.28. The third kappa shape index (κ3) is 3.43. The molecule has 7 nitrogen and oxygen atoms in total. The second kappa shape index (κ2) is 6.45. The van der Waals surface area contributed by atoms with Crippen LogP contribution in [0.4, 0.5) is 0 Å². The van der Waals surface area contributed by atoms with E-state index in [0.29, 0.717) is 10.9 Å². The molecule has 1 saturated heterocycles. The Balaban J connectivity index is 1.87. The molecular formula is C12H23N6OS+. The van der Waals surface area contributed by atoms with Gasteiger partial charge in [-0.25, -0.2) is 4.68 Å². The molecule has 20 heavy (non-hydrogen) atoms. The van der Waals surface area contributed by atoms with Gasteiger partial charge < -0.3 is 15.6 Å².